The summed E-state index contributed by atoms with van der Waals surface area (Å²) in [5.41, 5.74) is 10.8. The van der Waals surface area contributed by atoms with Crippen LogP contribution in [0.5, 0.6) is 0 Å². The molecule has 0 bridgehead atoms. The highest BCUT2D eigenvalue weighted by Gasteiger charge is 2.46. The van der Waals surface area contributed by atoms with Gasteiger partial charge in [-0.15, -0.1) is 0 Å². The molecule has 1 unspecified atom stereocenters. The summed E-state index contributed by atoms with van der Waals surface area (Å²) in [6.07, 6.45) is 17.9. The van der Waals surface area contributed by atoms with Gasteiger partial charge in [0.1, 0.15) is 0 Å². The van der Waals surface area contributed by atoms with Crippen molar-refractivity contribution in [3.8, 4) is 0 Å². The predicted octanol–water partition coefficient (Wildman–Crippen LogP) is 8.59. The van der Waals surface area contributed by atoms with Crippen LogP contribution < -0.4 is 15.6 Å². The number of benzene rings is 3. The van der Waals surface area contributed by atoms with E-state index in [-0.39, 0.29) is 0 Å². The molecule has 0 radical (unpaired) electrons. The molecule has 1 aliphatic carbocycles. The summed E-state index contributed by atoms with van der Waals surface area (Å²) < 4.78 is 0. The number of allylic oxidation sites excluding steroid dienone is 4. The van der Waals surface area contributed by atoms with Crippen LogP contribution in [0.1, 0.15) is 101 Å². The Morgan fingerprint density at radius 2 is 0.850 bits per heavy atom. The Balaban J connectivity index is 2.18. The van der Waals surface area contributed by atoms with E-state index in [4.69, 9.17) is 0 Å². The van der Waals surface area contributed by atoms with E-state index in [1.165, 1.54) is 58.2 Å². The van der Waals surface area contributed by atoms with Crippen molar-refractivity contribution in [1.29, 1.82) is 0 Å². The van der Waals surface area contributed by atoms with Crippen molar-refractivity contribution >= 4 is 23.6 Å². The topological polar surface area (TPSA) is 0 Å². The zero-order chi connectivity index (χ0) is 28.7. The van der Waals surface area contributed by atoms with Gasteiger partial charge >= 0.3 is 0 Å². The smallest absolute Gasteiger partial charge is 0.0790 e. The van der Waals surface area contributed by atoms with Gasteiger partial charge in [-0.2, -0.15) is 0 Å². The molecule has 1 aliphatic rings. The lowest BCUT2D eigenvalue weighted by Gasteiger charge is -2.39. The summed E-state index contributed by atoms with van der Waals surface area (Å²) in [5, 5.41) is 4.78. The molecule has 0 N–H and O–H groups in total. The minimum atomic E-state index is -2.52. The lowest BCUT2D eigenvalue weighted by atomic mass is 10.1. The molecule has 0 aromatic heterocycles. The average Bonchev–Trinajstić information content (AvgIpc) is 3.48. The third-order valence-corrected chi connectivity index (χ3v) is 14.2. The minimum Gasteiger partial charge on any atom is -0.0790 e. The largest absolute Gasteiger partial charge is 0.158 e. The number of rotatable bonds is 13. The van der Waals surface area contributed by atoms with E-state index in [1.807, 2.05) is 0 Å². The van der Waals surface area contributed by atoms with Crippen molar-refractivity contribution in [1.82, 2.24) is 0 Å². The first-order valence-electron chi connectivity index (χ1n) is 16.2. The predicted molar refractivity (Wildman–Crippen MR) is 181 cm³/mol. The van der Waals surface area contributed by atoms with Gasteiger partial charge < -0.3 is 0 Å². The molecule has 0 fully saturated rings. The monoisotopic (exact) mass is 548 g/mol. The van der Waals surface area contributed by atoms with Crippen molar-refractivity contribution < 1.29 is 0 Å². The Bertz CT molecular complexity index is 1150. The Hall–Kier alpha value is -2.64. The van der Waals surface area contributed by atoms with E-state index < -0.39 is 8.07 Å². The van der Waals surface area contributed by atoms with Crippen LogP contribution in [0.15, 0.2) is 78.4 Å². The lowest BCUT2D eigenvalue weighted by Crippen LogP contribution is -2.69. The van der Waals surface area contributed by atoms with Gasteiger partial charge in [-0.05, 0) is 100 Å². The molecular weight excluding hydrogens is 497 g/mol. The van der Waals surface area contributed by atoms with Crippen LogP contribution in [0.4, 0.5) is 0 Å². The second-order valence-electron chi connectivity index (χ2n) is 11.8. The molecule has 0 nitrogen and oxygen atoms in total. The molecule has 0 spiro atoms. The third kappa shape index (κ3) is 6.15. The molecule has 40 heavy (non-hydrogen) atoms. The van der Waals surface area contributed by atoms with Crippen LogP contribution in [0.3, 0.4) is 0 Å². The zero-order valence-corrected chi connectivity index (χ0v) is 27.4. The Morgan fingerprint density at radius 3 is 1.15 bits per heavy atom. The highest BCUT2D eigenvalue weighted by molar-refractivity contribution is 7.13. The van der Waals surface area contributed by atoms with E-state index in [0.29, 0.717) is 5.54 Å². The molecule has 0 amide bonds. The first kappa shape index (κ1) is 30.3. The maximum absolute atomic E-state index is 2.68. The van der Waals surface area contributed by atoms with Gasteiger partial charge in [-0.25, -0.2) is 0 Å². The maximum Gasteiger partial charge on any atom is 0.158 e. The summed E-state index contributed by atoms with van der Waals surface area (Å²) in [6, 6.07) is 23.0. The van der Waals surface area contributed by atoms with Crippen molar-refractivity contribution in [2.45, 2.75) is 112 Å². The minimum absolute atomic E-state index is 0.407. The van der Waals surface area contributed by atoms with Crippen LogP contribution in [0, 0.1) is 0 Å². The van der Waals surface area contributed by atoms with Gasteiger partial charge in [-0.3, -0.25) is 0 Å². The number of aryl methyl sites for hydroxylation is 6. The highest BCUT2D eigenvalue weighted by Crippen LogP contribution is 2.35. The summed E-state index contributed by atoms with van der Waals surface area (Å²) in [5.74, 6) is 0. The SMILES string of the molecule is CCCCC1=CC([Si](c2cc(CC)cc(CC)c2)(c2cc(CC)cc(CC)c2)c2cc(CC)cc(CC)c2)C=C1. The van der Waals surface area contributed by atoms with E-state index in [1.54, 1.807) is 15.6 Å². The van der Waals surface area contributed by atoms with Gasteiger partial charge in [0.25, 0.3) is 0 Å². The summed E-state index contributed by atoms with van der Waals surface area (Å²) in [4.78, 5) is 0. The third-order valence-electron chi connectivity index (χ3n) is 9.20. The molecule has 3 aromatic carbocycles. The van der Waals surface area contributed by atoms with Crippen LogP contribution in [-0.2, 0) is 38.5 Å². The fraction of sp³-hybridized carbons (Fsp3) is 0.436. The van der Waals surface area contributed by atoms with Gasteiger partial charge in [0.15, 0.2) is 8.07 Å². The lowest BCUT2D eigenvalue weighted by molar-refractivity contribution is 0.798. The molecule has 4 rings (SSSR count). The van der Waals surface area contributed by atoms with E-state index in [9.17, 15) is 0 Å². The molecule has 212 valence electrons. The number of unbranched alkanes of at least 4 members (excludes halogenated alkanes) is 1. The fourth-order valence-corrected chi connectivity index (χ4v) is 12.1. The molecular formula is C39H52Si. The van der Waals surface area contributed by atoms with Crippen LogP contribution in [0.2, 0.25) is 5.54 Å². The Labute approximate surface area is 246 Å². The summed E-state index contributed by atoms with van der Waals surface area (Å²) >= 11 is 0. The van der Waals surface area contributed by atoms with Crippen LogP contribution >= 0.6 is 0 Å². The Kier molecular flexibility index (Phi) is 10.5. The normalized spacial score (nSPS) is 15.1. The van der Waals surface area contributed by atoms with Crippen LogP contribution in [0.25, 0.3) is 0 Å². The molecule has 0 aliphatic heterocycles. The number of hydrogen-bond acceptors (Lipinski definition) is 0. The van der Waals surface area contributed by atoms with Crippen LogP contribution in [-0.4, -0.2) is 8.07 Å². The van der Waals surface area contributed by atoms with Crippen molar-refractivity contribution in [2.24, 2.45) is 0 Å². The van der Waals surface area contributed by atoms with Crippen molar-refractivity contribution in [2.75, 3.05) is 0 Å². The maximum atomic E-state index is 2.68. The molecule has 3 aromatic rings. The quantitative estimate of drug-likeness (QED) is 0.148. The van der Waals surface area contributed by atoms with E-state index in [2.05, 4.69) is 121 Å². The molecule has 0 heterocycles. The van der Waals surface area contributed by atoms with Crippen molar-refractivity contribution in [3.63, 3.8) is 0 Å². The van der Waals surface area contributed by atoms with Gasteiger partial charge in [0, 0.05) is 5.54 Å². The average molecular weight is 549 g/mol. The highest BCUT2D eigenvalue weighted by atomic mass is 28.3. The van der Waals surface area contributed by atoms with Crippen molar-refractivity contribution in [3.05, 3.63) is 112 Å². The van der Waals surface area contributed by atoms with Gasteiger partial charge in [-0.1, -0.05) is 133 Å². The second kappa shape index (κ2) is 13.8. The molecule has 1 heteroatoms. The zero-order valence-electron chi connectivity index (χ0n) is 26.4. The van der Waals surface area contributed by atoms with Gasteiger partial charge in [0.2, 0.25) is 0 Å². The first-order valence-corrected chi connectivity index (χ1v) is 18.3. The van der Waals surface area contributed by atoms with Gasteiger partial charge in [0.05, 0.1) is 0 Å². The molecule has 1 atom stereocenters. The molecule has 0 saturated carbocycles. The van der Waals surface area contributed by atoms with E-state index in [0.717, 1.165) is 38.5 Å². The first-order chi connectivity index (χ1) is 19.4. The fourth-order valence-electron chi connectivity index (χ4n) is 6.66. The summed E-state index contributed by atoms with van der Waals surface area (Å²) in [6.45, 7) is 16.2. The molecule has 0 saturated heterocycles. The standard InChI is InChI=1S/C39H52Si/c1-8-15-16-35-17-18-36(28-35)40(37-22-29(9-2)19-30(10-3)23-37,38-24-31(11-4)20-32(12-5)25-38)39-26-33(13-6)21-34(14-7)27-39/h17-28,36H,8-16H2,1-7H3. The Morgan fingerprint density at radius 1 is 0.500 bits per heavy atom. The van der Waals surface area contributed by atoms with E-state index >= 15 is 0 Å². The summed E-state index contributed by atoms with van der Waals surface area (Å²) in [7, 11) is -2.52. The second-order valence-corrected chi connectivity index (χ2v) is 15.8. The number of hydrogen-bond donors (Lipinski definition) is 0.